The second-order valence-corrected chi connectivity index (χ2v) is 4.55. The van der Waals surface area contributed by atoms with Crippen molar-refractivity contribution < 1.29 is 4.79 Å². The third-order valence-electron chi connectivity index (χ3n) is 3.65. The first-order valence-electron chi connectivity index (χ1n) is 6.27. The third-order valence-corrected chi connectivity index (χ3v) is 3.65. The Morgan fingerprint density at radius 2 is 2.47 bits per heavy atom. The zero-order valence-electron chi connectivity index (χ0n) is 10.2. The molecule has 94 valence electrons. The van der Waals surface area contributed by atoms with Crippen LogP contribution in [0.2, 0.25) is 0 Å². The molecule has 1 heterocycles. The topological polar surface area (TPSA) is 75.0 Å². The van der Waals surface area contributed by atoms with Crippen molar-refractivity contribution in [2.24, 2.45) is 11.7 Å². The van der Waals surface area contributed by atoms with Gasteiger partial charge >= 0.3 is 0 Å². The molecule has 1 saturated carbocycles. The van der Waals surface area contributed by atoms with Crippen LogP contribution < -0.4 is 5.73 Å². The lowest BCUT2D eigenvalue weighted by Gasteiger charge is -2.31. The van der Waals surface area contributed by atoms with Gasteiger partial charge in [-0.05, 0) is 32.2 Å². The molecule has 2 atom stereocenters. The highest BCUT2D eigenvalue weighted by atomic mass is 16.2. The van der Waals surface area contributed by atoms with E-state index in [9.17, 15) is 4.79 Å². The Kier molecular flexibility index (Phi) is 3.78. The van der Waals surface area contributed by atoms with E-state index in [2.05, 4.69) is 9.97 Å². The van der Waals surface area contributed by atoms with E-state index in [1.54, 1.807) is 6.20 Å². The van der Waals surface area contributed by atoms with E-state index in [4.69, 9.17) is 5.73 Å². The number of nitrogens with zero attached hydrogens (tertiary/aromatic N) is 2. The maximum absolute atomic E-state index is 12.3. The summed E-state index contributed by atoms with van der Waals surface area (Å²) < 4.78 is 0. The molecule has 0 aliphatic heterocycles. The highest BCUT2D eigenvalue weighted by molar-refractivity contribution is 5.92. The number of rotatable bonds is 4. The Balaban J connectivity index is 2.13. The number of amides is 1. The molecule has 3 N–H and O–H groups in total. The fourth-order valence-electron chi connectivity index (χ4n) is 2.76. The van der Waals surface area contributed by atoms with Crippen LogP contribution in [0.1, 0.15) is 36.7 Å². The van der Waals surface area contributed by atoms with Gasteiger partial charge in [-0.1, -0.05) is 6.42 Å². The molecule has 1 aliphatic rings. The molecule has 1 aliphatic carbocycles. The zero-order valence-corrected chi connectivity index (χ0v) is 10.2. The van der Waals surface area contributed by atoms with Gasteiger partial charge in [-0.25, -0.2) is 4.98 Å². The van der Waals surface area contributed by atoms with Gasteiger partial charge in [-0.2, -0.15) is 0 Å². The number of nitrogens with one attached hydrogen (secondary N) is 1. The van der Waals surface area contributed by atoms with Crippen LogP contribution in [0.4, 0.5) is 0 Å². The zero-order chi connectivity index (χ0) is 12.3. The molecule has 0 radical (unpaired) electrons. The number of hydrogen-bond acceptors (Lipinski definition) is 3. The molecule has 17 heavy (non-hydrogen) atoms. The molecular weight excluding hydrogens is 216 g/mol. The van der Waals surface area contributed by atoms with E-state index >= 15 is 0 Å². The molecule has 2 rings (SSSR count). The molecule has 0 aromatic carbocycles. The van der Waals surface area contributed by atoms with Gasteiger partial charge in [0.15, 0.2) is 0 Å². The number of aromatic amines is 1. The van der Waals surface area contributed by atoms with E-state index in [1.807, 2.05) is 11.8 Å². The summed E-state index contributed by atoms with van der Waals surface area (Å²) in [5.74, 6) is 0.483. The minimum atomic E-state index is 0.0374. The summed E-state index contributed by atoms with van der Waals surface area (Å²) in [6, 6.07) is 0.292. The van der Waals surface area contributed by atoms with Gasteiger partial charge in [0.25, 0.3) is 5.91 Å². The van der Waals surface area contributed by atoms with E-state index in [0.717, 1.165) is 19.4 Å². The SMILES string of the molecule is CCN(C(=O)c1cnc[nH]1)C1CCCC1CN. The van der Waals surface area contributed by atoms with E-state index in [1.165, 1.54) is 12.7 Å². The smallest absolute Gasteiger partial charge is 0.272 e. The average Bonchev–Trinajstić information content (AvgIpc) is 3.01. The Bertz CT molecular complexity index is 363. The van der Waals surface area contributed by atoms with Crippen molar-refractivity contribution >= 4 is 5.91 Å². The van der Waals surface area contributed by atoms with Crippen LogP contribution in [0, 0.1) is 5.92 Å². The Morgan fingerprint density at radius 3 is 3.06 bits per heavy atom. The molecular formula is C12H20N4O. The van der Waals surface area contributed by atoms with Crippen LogP contribution in [0.3, 0.4) is 0 Å². The van der Waals surface area contributed by atoms with Gasteiger partial charge in [0.1, 0.15) is 5.69 Å². The minimum Gasteiger partial charge on any atom is -0.341 e. The molecule has 0 spiro atoms. The van der Waals surface area contributed by atoms with Crippen molar-refractivity contribution in [3.05, 3.63) is 18.2 Å². The van der Waals surface area contributed by atoms with Crippen LogP contribution >= 0.6 is 0 Å². The normalized spacial score (nSPS) is 23.9. The predicted octanol–water partition coefficient (Wildman–Crippen LogP) is 0.999. The van der Waals surface area contributed by atoms with E-state index < -0.39 is 0 Å². The molecule has 0 saturated heterocycles. The second kappa shape index (κ2) is 5.31. The van der Waals surface area contributed by atoms with E-state index in [0.29, 0.717) is 24.2 Å². The molecule has 0 bridgehead atoms. The fourth-order valence-corrected chi connectivity index (χ4v) is 2.76. The first kappa shape index (κ1) is 12.1. The Morgan fingerprint density at radius 1 is 1.65 bits per heavy atom. The van der Waals surface area contributed by atoms with Crippen molar-refractivity contribution in [3.8, 4) is 0 Å². The van der Waals surface area contributed by atoms with E-state index in [-0.39, 0.29) is 5.91 Å². The number of imidazole rings is 1. The van der Waals surface area contributed by atoms with Crippen molar-refractivity contribution in [2.75, 3.05) is 13.1 Å². The maximum Gasteiger partial charge on any atom is 0.272 e. The summed E-state index contributed by atoms with van der Waals surface area (Å²) in [7, 11) is 0. The van der Waals surface area contributed by atoms with Gasteiger partial charge < -0.3 is 15.6 Å². The highest BCUT2D eigenvalue weighted by Crippen LogP contribution is 2.29. The molecule has 1 fully saturated rings. The van der Waals surface area contributed by atoms with Crippen molar-refractivity contribution in [1.29, 1.82) is 0 Å². The second-order valence-electron chi connectivity index (χ2n) is 4.55. The van der Waals surface area contributed by atoms with Crippen molar-refractivity contribution in [1.82, 2.24) is 14.9 Å². The van der Waals surface area contributed by atoms with Gasteiger partial charge in [0.2, 0.25) is 0 Å². The Hall–Kier alpha value is -1.36. The molecule has 2 unspecified atom stereocenters. The summed E-state index contributed by atoms with van der Waals surface area (Å²) in [5, 5.41) is 0. The summed E-state index contributed by atoms with van der Waals surface area (Å²) in [5.41, 5.74) is 6.34. The standard InChI is InChI=1S/C12H20N4O/c1-2-16(11-5-3-4-9(11)6-13)12(17)10-7-14-8-15-10/h7-9,11H,2-6,13H2,1H3,(H,14,15). The van der Waals surface area contributed by atoms with Gasteiger partial charge in [-0.15, -0.1) is 0 Å². The maximum atomic E-state index is 12.3. The molecule has 5 heteroatoms. The monoisotopic (exact) mass is 236 g/mol. The average molecular weight is 236 g/mol. The summed E-state index contributed by atoms with van der Waals surface area (Å²) in [4.78, 5) is 21.0. The lowest BCUT2D eigenvalue weighted by atomic mass is 10.0. The largest absolute Gasteiger partial charge is 0.341 e. The number of hydrogen-bond donors (Lipinski definition) is 2. The molecule has 5 nitrogen and oxygen atoms in total. The summed E-state index contributed by atoms with van der Waals surface area (Å²) >= 11 is 0. The van der Waals surface area contributed by atoms with Gasteiger partial charge in [0, 0.05) is 12.6 Å². The molecule has 1 amide bonds. The Labute approximate surface area is 101 Å². The number of H-pyrrole nitrogens is 1. The first-order valence-corrected chi connectivity index (χ1v) is 6.27. The number of carbonyl (C=O) groups excluding carboxylic acids is 1. The molecule has 1 aromatic heterocycles. The first-order chi connectivity index (χ1) is 8.27. The van der Waals surface area contributed by atoms with Gasteiger partial charge in [0.05, 0.1) is 12.5 Å². The van der Waals surface area contributed by atoms with Gasteiger partial charge in [-0.3, -0.25) is 4.79 Å². The third kappa shape index (κ3) is 2.34. The molecule has 1 aromatic rings. The van der Waals surface area contributed by atoms with Crippen LogP contribution in [0.5, 0.6) is 0 Å². The fraction of sp³-hybridized carbons (Fsp3) is 0.667. The van der Waals surface area contributed by atoms with Crippen LogP contribution in [-0.4, -0.2) is 39.9 Å². The van der Waals surface area contributed by atoms with Crippen LogP contribution in [0.25, 0.3) is 0 Å². The number of carbonyl (C=O) groups is 1. The van der Waals surface area contributed by atoms with Crippen LogP contribution in [0.15, 0.2) is 12.5 Å². The van der Waals surface area contributed by atoms with Crippen LogP contribution in [-0.2, 0) is 0 Å². The lowest BCUT2D eigenvalue weighted by Crippen LogP contribution is -2.44. The minimum absolute atomic E-state index is 0.0374. The quantitative estimate of drug-likeness (QED) is 0.819. The van der Waals surface area contributed by atoms with Crippen molar-refractivity contribution in [3.63, 3.8) is 0 Å². The number of nitrogens with two attached hydrogens (primary N) is 1. The van der Waals surface area contributed by atoms with Crippen molar-refractivity contribution in [2.45, 2.75) is 32.2 Å². The summed E-state index contributed by atoms with van der Waals surface area (Å²) in [6.45, 7) is 3.40. The summed E-state index contributed by atoms with van der Waals surface area (Å²) in [6.07, 6.45) is 6.48. The highest BCUT2D eigenvalue weighted by Gasteiger charge is 2.33. The lowest BCUT2D eigenvalue weighted by molar-refractivity contribution is 0.0646. The predicted molar refractivity (Wildman–Crippen MR) is 65.5 cm³/mol. The number of aromatic nitrogens is 2.